The summed E-state index contributed by atoms with van der Waals surface area (Å²) in [5.74, 6) is -1.52. The van der Waals surface area contributed by atoms with Gasteiger partial charge < -0.3 is 20.5 Å². The number of nitrogens with zero attached hydrogens (tertiary/aromatic N) is 5. The summed E-state index contributed by atoms with van der Waals surface area (Å²) in [6.07, 6.45) is 3.90. The number of aromatic nitrogens is 4. The van der Waals surface area contributed by atoms with E-state index in [0.717, 1.165) is 0 Å². The van der Waals surface area contributed by atoms with Crippen LogP contribution in [-0.4, -0.2) is 41.2 Å². The Balaban J connectivity index is 2.07. The van der Waals surface area contributed by atoms with E-state index in [1.54, 1.807) is 6.92 Å². The number of anilines is 1. The summed E-state index contributed by atoms with van der Waals surface area (Å²) < 4.78 is 2.57. The molecule has 2 aromatic rings. The molecule has 0 aliphatic carbocycles. The van der Waals surface area contributed by atoms with Gasteiger partial charge in [0.25, 0.3) is 0 Å². The summed E-state index contributed by atoms with van der Waals surface area (Å²) in [6.45, 7) is 4.33. The van der Waals surface area contributed by atoms with Crippen molar-refractivity contribution in [2.24, 2.45) is 0 Å². The molecule has 0 aliphatic rings. The third-order valence-electron chi connectivity index (χ3n) is 3.43. The van der Waals surface area contributed by atoms with Gasteiger partial charge >= 0.3 is 11.8 Å². The minimum Gasteiger partial charge on any atom is -0.479 e. The van der Waals surface area contributed by atoms with Gasteiger partial charge in [-0.1, -0.05) is 0 Å². The number of carbonyl (C=O) groups is 2. The normalized spacial score (nSPS) is 11.3. The molecule has 0 unspecified atom stereocenters. The molecule has 0 radical (unpaired) electrons. The van der Waals surface area contributed by atoms with E-state index in [1.807, 2.05) is 0 Å². The van der Waals surface area contributed by atoms with E-state index in [0.29, 0.717) is 11.5 Å². The second-order valence-electron chi connectivity index (χ2n) is 5.62. The van der Waals surface area contributed by atoms with Gasteiger partial charge in [0.1, 0.15) is 12.7 Å². The largest absolute Gasteiger partial charge is 0.479 e. The van der Waals surface area contributed by atoms with E-state index >= 15 is 0 Å². The Hall–Kier alpha value is -3.24. The molecule has 2 heterocycles. The second kappa shape index (κ2) is 6.10. The van der Waals surface area contributed by atoms with Gasteiger partial charge in [-0.2, -0.15) is 5.10 Å². The highest BCUT2D eigenvalue weighted by Crippen LogP contribution is 2.17. The lowest BCUT2D eigenvalue weighted by Gasteiger charge is -2.19. The van der Waals surface area contributed by atoms with E-state index in [-0.39, 0.29) is 12.4 Å². The molecule has 128 valence electrons. The number of carboxylic acids is 1. The van der Waals surface area contributed by atoms with Gasteiger partial charge in [-0.3, -0.25) is 14.0 Å². The molecular formula is C13H16N6O5. The number of nitrogens with one attached hydrogen (secondary N) is 1. The van der Waals surface area contributed by atoms with Crippen LogP contribution in [0.3, 0.4) is 0 Å². The van der Waals surface area contributed by atoms with Crippen molar-refractivity contribution < 1.29 is 19.6 Å². The topological polar surface area (TPSA) is 145 Å². The van der Waals surface area contributed by atoms with Crippen molar-refractivity contribution in [1.82, 2.24) is 19.3 Å². The summed E-state index contributed by atoms with van der Waals surface area (Å²) in [6, 6.07) is 0. The number of amides is 1. The summed E-state index contributed by atoms with van der Waals surface area (Å²) in [7, 11) is 0. The zero-order valence-corrected chi connectivity index (χ0v) is 13.3. The molecule has 2 aromatic heterocycles. The van der Waals surface area contributed by atoms with Crippen LogP contribution < -0.4 is 5.32 Å². The number of carbonyl (C=O) groups excluding carboxylic acids is 1. The van der Waals surface area contributed by atoms with Gasteiger partial charge in [0, 0.05) is 13.1 Å². The molecule has 0 aliphatic heterocycles. The molecule has 1 amide bonds. The first-order valence-corrected chi connectivity index (χ1v) is 6.88. The Bertz CT molecular complexity index is 806. The molecule has 0 atom stereocenters. The maximum Gasteiger partial charge on any atom is 0.381 e. The third kappa shape index (κ3) is 3.39. The van der Waals surface area contributed by atoms with Crippen LogP contribution in [0, 0.1) is 17.0 Å². The Labute approximate surface area is 136 Å². The quantitative estimate of drug-likeness (QED) is 0.584. The van der Waals surface area contributed by atoms with E-state index in [9.17, 15) is 19.7 Å². The van der Waals surface area contributed by atoms with Gasteiger partial charge in [0.05, 0.1) is 11.9 Å². The van der Waals surface area contributed by atoms with Crippen LogP contribution in [0.25, 0.3) is 0 Å². The fourth-order valence-corrected chi connectivity index (χ4v) is 1.89. The highest BCUT2D eigenvalue weighted by atomic mass is 16.6. The van der Waals surface area contributed by atoms with Gasteiger partial charge in [0.2, 0.25) is 11.7 Å². The number of nitro groups is 1. The van der Waals surface area contributed by atoms with E-state index in [4.69, 9.17) is 5.11 Å². The van der Waals surface area contributed by atoms with Crippen LogP contribution in [-0.2, 0) is 21.7 Å². The van der Waals surface area contributed by atoms with Crippen molar-refractivity contribution in [1.29, 1.82) is 0 Å². The van der Waals surface area contributed by atoms with Crippen LogP contribution >= 0.6 is 0 Å². The average Bonchev–Trinajstić information content (AvgIpc) is 3.07. The molecule has 0 saturated heterocycles. The van der Waals surface area contributed by atoms with E-state index < -0.39 is 22.3 Å². The number of aryl methyl sites for hydroxylation is 1. The van der Waals surface area contributed by atoms with Crippen LogP contribution in [0.1, 0.15) is 19.7 Å². The first kappa shape index (κ1) is 17.1. The summed E-state index contributed by atoms with van der Waals surface area (Å²) in [4.78, 5) is 37.0. The monoisotopic (exact) mass is 336 g/mol. The highest BCUT2D eigenvalue weighted by molar-refractivity contribution is 5.90. The maximum absolute atomic E-state index is 12.0. The van der Waals surface area contributed by atoms with Crippen molar-refractivity contribution in [3.8, 4) is 0 Å². The van der Waals surface area contributed by atoms with E-state index in [1.165, 1.54) is 41.7 Å². The first-order chi connectivity index (χ1) is 11.1. The molecule has 0 saturated carbocycles. The molecule has 2 rings (SSSR count). The average molecular weight is 336 g/mol. The van der Waals surface area contributed by atoms with Gasteiger partial charge in [-0.25, -0.2) is 4.79 Å². The zero-order chi connectivity index (χ0) is 18.1. The number of hydrogen-bond donors (Lipinski definition) is 2. The second-order valence-corrected chi connectivity index (χ2v) is 5.62. The zero-order valence-electron chi connectivity index (χ0n) is 13.3. The minimum atomic E-state index is -1.26. The van der Waals surface area contributed by atoms with Crippen molar-refractivity contribution >= 4 is 23.4 Å². The summed E-state index contributed by atoms with van der Waals surface area (Å²) in [5.41, 5.74) is -0.938. The van der Waals surface area contributed by atoms with Gasteiger partial charge in [-0.05, 0) is 23.8 Å². The number of rotatable bonds is 6. The van der Waals surface area contributed by atoms with Crippen molar-refractivity contribution in [2.75, 3.05) is 5.32 Å². The molecule has 11 heteroatoms. The van der Waals surface area contributed by atoms with Crippen molar-refractivity contribution in [3.05, 3.63) is 34.5 Å². The fraction of sp³-hybridized carbons (Fsp3) is 0.385. The predicted molar refractivity (Wildman–Crippen MR) is 81.4 cm³/mol. The van der Waals surface area contributed by atoms with E-state index in [2.05, 4.69) is 15.4 Å². The minimum absolute atomic E-state index is 0.166. The van der Waals surface area contributed by atoms with Crippen LogP contribution in [0.5, 0.6) is 0 Å². The van der Waals surface area contributed by atoms with Crippen LogP contribution in [0.2, 0.25) is 0 Å². The van der Waals surface area contributed by atoms with Crippen LogP contribution in [0.4, 0.5) is 11.5 Å². The summed E-state index contributed by atoms with van der Waals surface area (Å²) >= 11 is 0. The molecule has 0 fully saturated rings. The Kier molecular flexibility index (Phi) is 4.35. The molecule has 0 aromatic carbocycles. The Morgan fingerprint density at radius 2 is 2.08 bits per heavy atom. The standard InChI is InChI=1S/C13H16N6O5/c1-8-15-10(19(23)24)6-17(8)7-11(20)16-9-4-14-18(5-9)13(2,3)12(21)22/h4-6H,7H2,1-3H3,(H,16,20)(H,21,22). The molecule has 11 nitrogen and oxygen atoms in total. The predicted octanol–water partition coefficient (Wildman–Crippen LogP) is 0.755. The molecule has 0 spiro atoms. The molecular weight excluding hydrogens is 320 g/mol. The number of aliphatic carboxylic acids is 1. The number of hydrogen-bond acceptors (Lipinski definition) is 6. The molecule has 2 N–H and O–H groups in total. The maximum atomic E-state index is 12.0. The highest BCUT2D eigenvalue weighted by Gasteiger charge is 2.30. The Morgan fingerprint density at radius 1 is 1.42 bits per heavy atom. The lowest BCUT2D eigenvalue weighted by molar-refractivity contribution is -0.389. The first-order valence-electron chi connectivity index (χ1n) is 6.88. The Morgan fingerprint density at radius 3 is 2.62 bits per heavy atom. The fourth-order valence-electron chi connectivity index (χ4n) is 1.89. The molecule has 0 bridgehead atoms. The number of imidazole rings is 1. The van der Waals surface area contributed by atoms with Gasteiger partial charge in [0.15, 0.2) is 5.54 Å². The SMILES string of the molecule is Cc1nc([N+](=O)[O-])cn1CC(=O)Nc1cnn(C(C)(C)C(=O)O)c1. The number of carboxylic acid groups (broad SMARTS) is 1. The van der Waals surface area contributed by atoms with Gasteiger partial charge in [-0.15, -0.1) is 0 Å². The van der Waals surface area contributed by atoms with Crippen LogP contribution in [0.15, 0.2) is 18.6 Å². The van der Waals surface area contributed by atoms with Crippen molar-refractivity contribution in [2.45, 2.75) is 32.9 Å². The van der Waals surface area contributed by atoms with Crippen molar-refractivity contribution in [3.63, 3.8) is 0 Å². The third-order valence-corrected chi connectivity index (χ3v) is 3.43. The summed E-state index contributed by atoms with van der Waals surface area (Å²) in [5, 5.41) is 26.3. The molecule has 24 heavy (non-hydrogen) atoms. The smallest absolute Gasteiger partial charge is 0.381 e. The lowest BCUT2D eigenvalue weighted by Crippen LogP contribution is -2.35. The lowest BCUT2D eigenvalue weighted by atomic mass is 10.1.